The van der Waals surface area contributed by atoms with E-state index in [2.05, 4.69) is 16.7 Å². The fourth-order valence-electron chi connectivity index (χ4n) is 3.88. The number of nitrogens with zero attached hydrogens (tertiary/aromatic N) is 1. The van der Waals surface area contributed by atoms with Gasteiger partial charge in [-0.25, -0.2) is 0 Å². The van der Waals surface area contributed by atoms with Gasteiger partial charge in [-0.15, -0.1) is 0 Å². The van der Waals surface area contributed by atoms with Crippen molar-refractivity contribution in [3.8, 4) is 5.69 Å². The van der Waals surface area contributed by atoms with Gasteiger partial charge >= 0.3 is 5.97 Å². The van der Waals surface area contributed by atoms with Crippen LogP contribution in [0.5, 0.6) is 0 Å². The van der Waals surface area contributed by atoms with Gasteiger partial charge < -0.3 is 9.30 Å². The third-order valence-electron chi connectivity index (χ3n) is 4.98. The normalized spacial score (nSPS) is 16.6. The average Bonchev–Trinajstić information content (AvgIpc) is 2.96. The van der Waals surface area contributed by atoms with Crippen LogP contribution < -0.4 is 0 Å². The molecule has 4 rings (SSSR count). The Balaban J connectivity index is 1.88. The summed E-state index contributed by atoms with van der Waals surface area (Å²) in [6.45, 7) is 2.29. The second-order valence-electron chi connectivity index (χ2n) is 6.42. The first kappa shape index (κ1) is 16.2. The van der Waals surface area contributed by atoms with Crippen molar-refractivity contribution < 1.29 is 9.53 Å². The van der Waals surface area contributed by atoms with E-state index in [1.54, 1.807) is 0 Å². The molecule has 1 aliphatic carbocycles. The van der Waals surface area contributed by atoms with Crippen LogP contribution >= 0.6 is 11.6 Å². The number of ether oxygens (including phenoxy) is 1. The third-order valence-corrected chi connectivity index (χ3v) is 5.30. The molecule has 0 aliphatic heterocycles. The van der Waals surface area contributed by atoms with Crippen molar-refractivity contribution in [1.82, 2.24) is 4.57 Å². The van der Waals surface area contributed by atoms with Gasteiger partial charge in [0.1, 0.15) is 0 Å². The first-order valence-corrected chi connectivity index (χ1v) is 9.11. The van der Waals surface area contributed by atoms with Crippen molar-refractivity contribution >= 4 is 28.5 Å². The molecule has 25 heavy (non-hydrogen) atoms. The highest BCUT2D eigenvalue weighted by molar-refractivity contribution is 6.32. The zero-order valence-electron chi connectivity index (χ0n) is 14.2. The predicted molar refractivity (Wildman–Crippen MR) is 100 cm³/mol. The molecule has 1 unspecified atom stereocenters. The molecule has 0 radical (unpaired) electrons. The summed E-state index contributed by atoms with van der Waals surface area (Å²) in [6.07, 6.45) is 2.39. The molecule has 1 aliphatic rings. The number of para-hydroxylation sites is 2. The van der Waals surface area contributed by atoms with Gasteiger partial charge in [-0.1, -0.05) is 41.9 Å². The first-order valence-electron chi connectivity index (χ1n) is 8.73. The summed E-state index contributed by atoms with van der Waals surface area (Å²) in [7, 11) is 0. The molecule has 1 atom stereocenters. The van der Waals surface area contributed by atoms with E-state index in [0.29, 0.717) is 6.61 Å². The largest absolute Gasteiger partial charge is 0.466 e. The zero-order valence-corrected chi connectivity index (χ0v) is 14.9. The van der Waals surface area contributed by atoms with E-state index in [4.69, 9.17) is 16.3 Å². The van der Waals surface area contributed by atoms with E-state index in [1.807, 2.05) is 43.3 Å². The molecule has 1 aromatic heterocycles. The molecule has 0 saturated carbocycles. The Hall–Kier alpha value is -2.26. The van der Waals surface area contributed by atoms with Gasteiger partial charge in [-0.3, -0.25) is 4.79 Å². The van der Waals surface area contributed by atoms with Gasteiger partial charge in [0, 0.05) is 11.1 Å². The van der Waals surface area contributed by atoms with Crippen LogP contribution in [0.25, 0.3) is 16.6 Å². The van der Waals surface area contributed by atoms with Crippen molar-refractivity contribution in [3.63, 3.8) is 0 Å². The molecule has 0 bridgehead atoms. The summed E-state index contributed by atoms with van der Waals surface area (Å²) >= 11 is 6.48. The van der Waals surface area contributed by atoms with E-state index < -0.39 is 0 Å². The second kappa shape index (κ2) is 6.57. The van der Waals surface area contributed by atoms with Crippen molar-refractivity contribution in [2.75, 3.05) is 6.61 Å². The Kier molecular flexibility index (Phi) is 4.26. The first-order chi connectivity index (χ1) is 12.2. The fraction of sp³-hybridized carbons (Fsp3) is 0.286. The molecule has 0 N–H and O–H groups in total. The maximum atomic E-state index is 12.2. The Morgan fingerprint density at radius 2 is 1.96 bits per heavy atom. The minimum Gasteiger partial charge on any atom is -0.466 e. The Morgan fingerprint density at radius 3 is 2.76 bits per heavy atom. The maximum Gasteiger partial charge on any atom is 0.309 e. The SMILES string of the molecule is CCOC(=O)C1CCc2c(c3ccccc3n2-c2ccccc2Cl)C1. The minimum absolute atomic E-state index is 0.0575. The zero-order chi connectivity index (χ0) is 17.4. The number of carbonyl (C=O) groups excluding carboxylic acids is 1. The van der Waals surface area contributed by atoms with Crippen LogP contribution in [0.3, 0.4) is 0 Å². The van der Waals surface area contributed by atoms with Crippen LogP contribution in [0.2, 0.25) is 5.02 Å². The van der Waals surface area contributed by atoms with Crippen molar-refractivity contribution in [1.29, 1.82) is 0 Å². The van der Waals surface area contributed by atoms with Gasteiger partial charge in [0.2, 0.25) is 0 Å². The number of hydrogen-bond acceptors (Lipinski definition) is 2. The highest BCUT2D eigenvalue weighted by Crippen LogP contribution is 2.38. The van der Waals surface area contributed by atoms with Crippen LogP contribution in [0.15, 0.2) is 48.5 Å². The quantitative estimate of drug-likeness (QED) is 0.624. The second-order valence-corrected chi connectivity index (χ2v) is 6.83. The molecule has 1 heterocycles. The van der Waals surface area contributed by atoms with Gasteiger partial charge in [-0.05, 0) is 49.9 Å². The number of hydrogen-bond donors (Lipinski definition) is 0. The molecule has 0 amide bonds. The smallest absolute Gasteiger partial charge is 0.309 e. The summed E-state index contributed by atoms with van der Waals surface area (Å²) in [5.41, 5.74) is 4.65. The Labute approximate surface area is 152 Å². The summed E-state index contributed by atoms with van der Waals surface area (Å²) in [5, 5.41) is 1.94. The Bertz CT molecular complexity index is 944. The molecular weight excluding hydrogens is 334 g/mol. The van der Waals surface area contributed by atoms with E-state index in [1.165, 1.54) is 16.6 Å². The van der Waals surface area contributed by atoms with E-state index in [0.717, 1.165) is 35.5 Å². The van der Waals surface area contributed by atoms with Gasteiger partial charge in [0.25, 0.3) is 0 Å². The molecule has 2 aromatic carbocycles. The van der Waals surface area contributed by atoms with E-state index in [-0.39, 0.29) is 11.9 Å². The summed E-state index contributed by atoms with van der Waals surface area (Å²) in [4.78, 5) is 12.2. The number of rotatable bonds is 3. The van der Waals surface area contributed by atoms with E-state index in [9.17, 15) is 4.79 Å². The summed E-state index contributed by atoms with van der Waals surface area (Å²) in [6, 6.07) is 16.3. The van der Waals surface area contributed by atoms with Crippen LogP contribution in [-0.2, 0) is 22.4 Å². The monoisotopic (exact) mass is 353 g/mol. The lowest BCUT2D eigenvalue weighted by molar-refractivity contribution is -0.148. The van der Waals surface area contributed by atoms with Crippen LogP contribution in [0.1, 0.15) is 24.6 Å². The standard InChI is InChI=1S/C21H20ClNO2/c1-2-25-21(24)14-11-12-19-16(13-14)15-7-3-5-9-18(15)23(19)20-10-6-4-8-17(20)22/h3-10,14H,2,11-13H2,1H3. The molecule has 128 valence electrons. The minimum atomic E-state index is -0.0808. The maximum absolute atomic E-state index is 12.2. The third kappa shape index (κ3) is 2.73. The van der Waals surface area contributed by atoms with Crippen molar-refractivity contribution in [2.24, 2.45) is 5.92 Å². The summed E-state index contributed by atoms with van der Waals surface area (Å²) in [5.74, 6) is -0.138. The van der Waals surface area contributed by atoms with Gasteiger partial charge in [0.05, 0.1) is 28.8 Å². The number of carbonyl (C=O) groups is 1. The van der Waals surface area contributed by atoms with Crippen molar-refractivity contribution in [3.05, 3.63) is 64.8 Å². The number of fused-ring (bicyclic) bond motifs is 3. The van der Waals surface area contributed by atoms with Crippen LogP contribution in [0.4, 0.5) is 0 Å². The summed E-state index contributed by atoms with van der Waals surface area (Å²) < 4.78 is 7.51. The fourth-order valence-corrected chi connectivity index (χ4v) is 4.10. The van der Waals surface area contributed by atoms with Gasteiger partial charge in [0.15, 0.2) is 0 Å². The molecule has 3 aromatic rings. The van der Waals surface area contributed by atoms with Crippen molar-refractivity contribution in [2.45, 2.75) is 26.2 Å². The topological polar surface area (TPSA) is 31.2 Å². The molecular formula is C21H20ClNO2. The Morgan fingerprint density at radius 1 is 1.20 bits per heavy atom. The van der Waals surface area contributed by atoms with Gasteiger partial charge in [-0.2, -0.15) is 0 Å². The molecule has 0 spiro atoms. The number of halogens is 1. The number of aromatic nitrogens is 1. The lowest BCUT2D eigenvalue weighted by atomic mass is 9.86. The molecule has 0 fully saturated rings. The molecule has 3 nitrogen and oxygen atoms in total. The predicted octanol–water partition coefficient (Wildman–Crippen LogP) is 4.95. The van der Waals surface area contributed by atoms with Crippen LogP contribution in [-0.4, -0.2) is 17.1 Å². The molecule has 0 saturated heterocycles. The lowest BCUT2D eigenvalue weighted by Crippen LogP contribution is -2.25. The van der Waals surface area contributed by atoms with Crippen LogP contribution in [0, 0.1) is 5.92 Å². The van der Waals surface area contributed by atoms with E-state index >= 15 is 0 Å². The molecule has 4 heteroatoms. The lowest BCUT2D eigenvalue weighted by Gasteiger charge is -2.23. The number of benzene rings is 2. The highest BCUT2D eigenvalue weighted by atomic mass is 35.5. The average molecular weight is 354 g/mol. The highest BCUT2D eigenvalue weighted by Gasteiger charge is 2.30. The number of esters is 1.